The summed E-state index contributed by atoms with van der Waals surface area (Å²) in [4.78, 5) is 24.6. The van der Waals surface area contributed by atoms with Crippen molar-refractivity contribution in [3.8, 4) is 0 Å². The summed E-state index contributed by atoms with van der Waals surface area (Å²) in [5.74, 6) is -0.0167. The van der Waals surface area contributed by atoms with E-state index in [1.165, 1.54) is 5.57 Å². The SMILES string of the molecule is CC(C)(C)OC(=O)Nc1cccc(C(=O)NCC2C=CC=C3C=CC=CC32C)c1. The van der Waals surface area contributed by atoms with E-state index in [0.29, 0.717) is 17.8 Å². The van der Waals surface area contributed by atoms with E-state index >= 15 is 0 Å². The first kappa shape index (κ1) is 20.6. The Kier molecular flexibility index (Phi) is 5.78. The van der Waals surface area contributed by atoms with Crippen LogP contribution in [0.5, 0.6) is 0 Å². The normalized spacial score (nSPS) is 22.5. The highest BCUT2D eigenvalue weighted by molar-refractivity contribution is 5.96. The van der Waals surface area contributed by atoms with Gasteiger partial charge in [-0.05, 0) is 44.5 Å². The van der Waals surface area contributed by atoms with Crippen molar-refractivity contribution < 1.29 is 14.3 Å². The number of anilines is 1. The smallest absolute Gasteiger partial charge is 0.412 e. The van der Waals surface area contributed by atoms with Crippen LogP contribution >= 0.6 is 0 Å². The summed E-state index contributed by atoms with van der Waals surface area (Å²) in [6, 6.07) is 6.83. The van der Waals surface area contributed by atoms with Gasteiger partial charge in [-0.3, -0.25) is 10.1 Å². The van der Waals surface area contributed by atoms with E-state index in [4.69, 9.17) is 4.74 Å². The Morgan fingerprint density at radius 2 is 1.97 bits per heavy atom. The number of benzene rings is 1. The lowest BCUT2D eigenvalue weighted by Gasteiger charge is -2.38. The zero-order valence-corrected chi connectivity index (χ0v) is 17.4. The van der Waals surface area contributed by atoms with Crippen LogP contribution in [0.15, 0.2) is 72.4 Å². The van der Waals surface area contributed by atoms with Crippen LogP contribution in [-0.4, -0.2) is 24.1 Å². The molecule has 1 aromatic rings. The van der Waals surface area contributed by atoms with E-state index in [0.717, 1.165) is 0 Å². The van der Waals surface area contributed by atoms with Gasteiger partial charge in [-0.2, -0.15) is 0 Å². The molecule has 2 N–H and O–H groups in total. The van der Waals surface area contributed by atoms with Crippen LogP contribution in [0.2, 0.25) is 0 Å². The number of carbonyl (C=O) groups excluding carboxylic acids is 2. The van der Waals surface area contributed by atoms with Gasteiger partial charge in [0, 0.05) is 29.1 Å². The third-order valence-electron chi connectivity index (χ3n) is 5.09. The van der Waals surface area contributed by atoms with Crippen molar-refractivity contribution in [3.63, 3.8) is 0 Å². The van der Waals surface area contributed by atoms with Gasteiger partial charge in [-0.15, -0.1) is 0 Å². The highest BCUT2D eigenvalue weighted by atomic mass is 16.6. The average Bonchev–Trinajstić information content (AvgIpc) is 2.64. The van der Waals surface area contributed by atoms with Gasteiger partial charge in [0.05, 0.1) is 0 Å². The number of hydrogen-bond acceptors (Lipinski definition) is 3. The van der Waals surface area contributed by atoms with Crippen molar-refractivity contribution in [3.05, 3.63) is 77.9 Å². The number of ether oxygens (including phenoxy) is 1. The molecule has 2 unspecified atom stereocenters. The molecule has 0 saturated carbocycles. The third-order valence-corrected chi connectivity index (χ3v) is 5.09. The molecule has 0 radical (unpaired) electrons. The second-order valence-corrected chi connectivity index (χ2v) is 8.53. The van der Waals surface area contributed by atoms with Crippen molar-refractivity contribution in [2.24, 2.45) is 11.3 Å². The standard InChI is InChI=1S/C24H28N2O3/c1-23(2,3)29-22(28)26-20-13-7-9-17(15-20)21(27)25-16-19-12-8-11-18-10-5-6-14-24(18,19)4/h5-15,19H,16H2,1-4H3,(H,25,27)(H,26,28). The van der Waals surface area contributed by atoms with Crippen molar-refractivity contribution in [1.82, 2.24) is 5.32 Å². The molecule has 1 aromatic carbocycles. The van der Waals surface area contributed by atoms with Crippen molar-refractivity contribution in [2.75, 3.05) is 11.9 Å². The van der Waals surface area contributed by atoms with Crippen molar-refractivity contribution in [2.45, 2.75) is 33.3 Å². The lowest BCUT2D eigenvalue weighted by atomic mass is 9.67. The molecule has 0 aliphatic heterocycles. The highest BCUT2D eigenvalue weighted by Crippen LogP contribution is 2.42. The second kappa shape index (κ2) is 8.11. The summed E-state index contributed by atoms with van der Waals surface area (Å²) in [5.41, 5.74) is 1.53. The van der Waals surface area contributed by atoms with Gasteiger partial charge in [0.25, 0.3) is 5.91 Å². The highest BCUT2D eigenvalue weighted by Gasteiger charge is 2.35. The zero-order chi connectivity index (χ0) is 21.1. The minimum atomic E-state index is -0.585. The fourth-order valence-electron chi connectivity index (χ4n) is 3.50. The van der Waals surface area contributed by atoms with Crippen LogP contribution < -0.4 is 10.6 Å². The van der Waals surface area contributed by atoms with E-state index in [9.17, 15) is 9.59 Å². The Morgan fingerprint density at radius 1 is 1.17 bits per heavy atom. The molecular formula is C24H28N2O3. The first-order valence-electron chi connectivity index (χ1n) is 9.80. The van der Waals surface area contributed by atoms with Crippen molar-refractivity contribution >= 4 is 17.7 Å². The van der Waals surface area contributed by atoms with Crippen LogP contribution in [0.3, 0.4) is 0 Å². The van der Waals surface area contributed by atoms with Crippen molar-refractivity contribution in [1.29, 1.82) is 0 Å². The van der Waals surface area contributed by atoms with Gasteiger partial charge in [0.15, 0.2) is 0 Å². The van der Waals surface area contributed by atoms with Crippen LogP contribution in [-0.2, 0) is 4.74 Å². The van der Waals surface area contributed by atoms with E-state index < -0.39 is 11.7 Å². The molecule has 29 heavy (non-hydrogen) atoms. The Balaban J connectivity index is 1.62. The largest absolute Gasteiger partial charge is 0.444 e. The van der Waals surface area contributed by atoms with Gasteiger partial charge in [0.2, 0.25) is 0 Å². The summed E-state index contributed by atoms with van der Waals surface area (Å²) in [7, 11) is 0. The minimum Gasteiger partial charge on any atom is -0.444 e. The molecule has 5 nitrogen and oxygen atoms in total. The number of hydrogen-bond donors (Lipinski definition) is 2. The van der Waals surface area contributed by atoms with Gasteiger partial charge in [-0.25, -0.2) is 4.79 Å². The fraction of sp³-hybridized carbons (Fsp3) is 0.333. The lowest BCUT2D eigenvalue weighted by molar-refractivity contribution is 0.0635. The fourth-order valence-corrected chi connectivity index (χ4v) is 3.50. The molecular weight excluding hydrogens is 364 g/mol. The summed E-state index contributed by atoms with van der Waals surface area (Å²) in [6.07, 6.45) is 14.1. The molecule has 5 heteroatoms. The van der Waals surface area contributed by atoms with Gasteiger partial charge < -0.3 is 10.1 Å². The predicted octanol–water partition coefficient (Wildman–Crippen LogP) is 5.01. The molecule has 2 amide bonds. The second-order valence-electron chi connectivity index (χ2n) is 8.53. The molecule has 0 aromatic heterocycles. The molecule has 2 atom stereocenters. The maximum atomic E-state index is 12.7. The predicted molar refractivity (Wildman–Crippen MR) is 116 cm³/mol. The van der Waals surface area contributed by atoms with Gasteiger partial charge >= 0.3 is 6.09 Å². The summed E-state index contributed by atoms with van der Waals surface area (Å²) < 4.78 is 5.25. The topological polar surface area (TPSA) is 67.4 Å². The molecule has 0 heterocycles. The molecule has 0 spiro atoms. The van der Waals surface area contributed by atoms with E-state index in [1.807, 2.05) is 12.2 Å². The van der Waals surface area contributed by atoms with Crippen LogP contribution in [0.25, 0.3) is 0 Å². The van der Waals surface area contributed by atoms with Crippen LogP contribution in [0.4, 0.5) is 10.5 Å². The van der Waals surface area contributed by atoms with Gasteiger partial charge in [0.1, 0.15) is 5.60 Å². The van der Waals surface area contributed by atoms with E-state index in [1.54, 1.807) is 45.0 Å². The summed E-state index contributed by atoms with van der Waals surface area (Å²) >= 11 is 0. The lowest BCUT2D eigenvalue weighted by Crippen LogP contribution is -2.38. The van der Waals surface area contributed by atoms with Gasteiger partial charge in [-0.1, -0.05) is 55.5 Å². The number of allylic oxidation sites excluding steroid dienone is 7. The number of fused-ring (bicyclic) bond motifs is 1. The third kappa shape index (κ3) is 5.05. The van der Waals surface area contributed by atoms with E-state index in [2.05, 4.69) is 47.9 Å². The molecule has 0 bridgehead atoms. The Hall–Kier alpha value is -3.08. The molecule has 152 valence electrons. The minimum absolute atomic E-state index is 0.128. The Labute approximate surface area is 172 Å². The molecule has 2 aliphatic rings. The average molecular weight is 392 g/mol. The quantitative estimate of drug-likeness (QED) is 0.757. The zero-order valence-electron chi connectivity index (χ0n) is 17.4. The summed E-state index contributed by atoms with van der Waals surface area (Å²) in [5, 5.41) is 5.69. The summed E-state index contributed by atoms with van der Waals surface area (Å²) in [6.45, 7) is 8.10. The molecule has 0 saturated heterocycles. The first-order chi connectivity index (χ1) is 13.7. The number of nitrogens with one attached hydrogen (secondary N) is 2. The van der Waals surface area contributed by atoms with Crippen LogP contribution in [0.1, 0.15) is 38.1 Å². The Bertz CT molecular complexity index is 918. The monoisotopic (exact) mass is 392 g/mol. The molecule has 0 fully saturated rings. The van der Waals surface area contributed by atoms with Crippen LogP contribution in [0, 0.1) is 11.3 Å². The maximum absolute atomic E-state index is 12.7. The molecule has 2 aliphatic carbocycles. The van der Waals surface area contributed by atoms with E-state index in [-0.39, 0.29) is 17.2 Å². The number of amides is 2. The maximum Gasteiger partial charge on any atom is 0.412 e. The first-order valence-corrected chi connectivity index (χ1v) is 9.80. The molecule has 3 rings (SSSR count). The number of rotatable bonds is 4. The Morgan fingerprint density at radius 3 is 2.72 bits per heavy atom. The number of carbonyl (C=O) groups is 2.